The lowest BCUT2D eigenvalue weighted by Gasteiger charge is -2.17. The van der Waals surface area contributed by atoms with Crippen molar-refractivity contribution in [3.05, 3.63) is 29.8 Å². The van der Waals surface area contributed by atoms with Crippen LogP contribution >= 0.6 is 0 Å². The molecule has 0 aliphatic heterocycles. The van der Waals surface area contributed by atoms with Crippen molar-refractivity contribution in [1.82, 2.24) is 5.32 Å². The highest BCUT2D eigenvalue weighted by Gasteiger charge is 2.34. The number of ether oxygens (including phenoxy) is 1. The number of nitrogens with one attached hydrogen (secondary N) is 1. The Morgan fingerprint density at radius 1 is 1.35 bits per heavy atom. The number of hydrogen-bond donors (Lipinski definition) is 2. The first-order chi connectivity index (χ1) is 9.21. The van der Waals surface area contributed by atoms with Crippen molar-refractivity contribution in [3.63, 3.8) is 0 Å². The summed E-state index contributed by atoms with van der Waals surface area (Å²) in [5.41, 5.74) is -1.00. The molecule has 1 atom stereocenters. The zero-order valence-corrected chi connectivity index (χ0v) is 10.4. The third-order valence-corrected chi connectivity index (χ3v) is 2.28. The van der Waals surface area contributed by atoms with Gasteiger partial charge in [0.1, 0.15) is 12.3 Å². The monoisotopic (exact) mass is 291 g/mol. The lowest BCUT2D eigenvalue weighted by Crippen LogP contribution is -2.39. The first kappa shape index (κ1) is 15.8. The van der Waals surface area contributed by atoms with Crippen LogP contribution in [-0.4, -0.2) is 29.6 Å². The van der Waals surface area contributed by atoms with Crippen LogP contribution in [0.4, 0.5) is 13.2 Å². The van der Waals surface area contributed by atoms with Crippen LogP contribution in [0.15, 0.2) is 24.3 Å². The normalized spacial score (nSPS) is 12.6. The van der Waals surface area contributed by atoms with Crippen LogP contribution in [0.1, 0.15) is 12.5 Å². The van der Waals surface area contributed by atoms with E-state index in [2.05, 4.69) is 0 Å². The lowest BCUT2D eigenvalue weighted by molar-refractivity contribution is -0.141. The first-order valence-corrected chi connectivity index (χ1v) is 5.54. The van der Waals surface area contributed by atoms with Crippen LogP contribution in [0.2, 0.25) is 0 Å². The van der Waals surface area contributed by atoms with Gasteiger partial charge in [0.25, 0.3) is 5.91 Å². The van der Waals surface area contributed by atoms with E-state index >= 15 is 0 Å². The maximum Gasteiger partial charge on any atom is 0.419 e. The van der Waals surface area contributed by atoms with Crippen molar-refractivity contribution < 1.29 is 32.6 Å². The molecule has 20 heavy (non-hydrogen) atoms. The van der Waals surface area contributed by atoms with Crippen molar-refractivity contribution in [1.29, 1.82) is 0 Å². The lowest BCUT2D eigenvalue weighted by atomic mass is 10.2. The molecule has 0 radical (unpaired) electrons. The van der Waals surface area contributed by atoms with E-state index in [1.807, 2.05) is 5.32 Å². The molecule has 1 rings (SSSR count). The van der Waals surface area contributed by atoms with E-state index in [1.54, 1.807) is 0 Å². The Morgan fingerprint density at radius 3 is 2.50 bits per heavy atom. The molecule has 1 unspecified atom stereocenters. The second-order valence-corrected chi connectivity index (χ2v) is 3.87. The summed E-state index contributed by atoms with van der Waals surface area (Å²) < 4.78 is 43.0. The van der Waals surface area contributed by atoms with Gasteiger partial charge in [0, 0.05) is 0 Å². The van der Waals surface area contributed by atoms with Gasteiger partial charge < -0.3 is 15.2 Å². The molecule has 0 aromatic heterocycles. The maximum atomic E-state index is 12.7. The highest BCUT2D eigenvalue weighted by Crippen LogP contribution is 2.36. The second-order valence-electron chi connectivity index (χ2n) is 3.87. The smallest absolute Gasteiger partial charge is 0.419 e. The number of carboxylic acid groups (broad SMARTS) is 1. The number of alkyl halides is 3. The van der Waals surface area contributed by atoms with Gasteiger partial charge in [-0.1, -0.05) is 12.1 Å². The Kier molecular flexibility index (Phi) is 4.95. The van der Waals surface area contributed by atoms with E-state index in [0.717, 1.165) is 12.1 Å². The molecule has 0 aliphatic carbocycles. The molecule has 0 spiro atoms. The zero-order valence-electron chi connectivity index (χ0n) is 10.4. The Morgan fingerprint density at radius 2 is 1.95 bits per heavy atom. The Labute approximate surface area is 112 Å². The van der Waals surface area contributed by atoms with Crippen molar-refractivity contribution in [2.45, 2.75) is 19.2 Å². The molecule has 110 valence electrons. The molecule has 0 heterocycles. The zero-order chi connectivity index (χ0) is 15.3. The Balaban J connectivity index is 2.78. The van der Waals surface area contributed by atoms with Gasteiger partial charge in [-0.3, -0.25) is 9.59 Å². The van der Waals surface area contributed by atoms with Crippen LogP contribution in [-0.2, 0) is 15.8 Å². The number of hydrogen-bond acceptors (Lipinski definition) is 3. The van der Waals surface area contributed by atoms with Crippen molar-refractivity contribution in [2.24, 2.45) is 0 Å². The number of aliphatic carboxylic acids is 1. The standard InChI is InChI=1S/C12H12F3NO4/c1-7(11(19)16-6-10(17)18)20-9-5-3-2-4-8(9)12(13,14)15/h2-5,7H,6H2,1H3,(H,16,19)(H,17,18). The number of rotatable bonds is 5. The average molecular weight is 291 g/mol. The fourth-order valence-corrected chi connectivity index (χ4v) is 1.35. The molecular formula is C12H12F3NO4. The molecule has 0 saturated carbocycles. The minimum absolute atomic E-state index is 0.488. The topological polar surface area (TPSA) is 75.6 Å². The van der Waals surface area contributed by atoms with E-state index < -0.39 is 42.0 Å². The van der Waals surface area contributed by atoms with E-state index in [9.17, 15) is 22.8 Å². The summed E-state index contributed by atoms with van der Waals surface area (Å²) in [6.07, 6.45) is -5.86. The molecule has 2 N–H and O–H groups in total. The minimum atomic E-state index is -4.60. The van der Waals surface area contributed by atoms with Crippen LogP contribution in [0, 0.1) is 0 Å². The quantitative estimate of drug-likeness (QED) is 0.865. The van der Waals surface area contributed by atoms with E-state index in [1.165, 1.54) is 19.1 Å². The van der Waals surface area contributed by atoms with Crippen LogP contribution in [0.25, 0.3) is 0 Å². The molecule has 1 amide bonds. The number of amides is 1. The van der Waals surface area contributed by atoms with Crippen LogP contribution in [0.3, 0.4) is 0 Å². The van der Waals surface area contributed by atoms with Crippen LogP contribution < -0.4 is 10.1 Å². The van der Waals surface area contributed by atoms with Crippen molar-refractivity contribution in [2.75, 3.05) is 6.54 Å². The first-order valence-electron chi connectivity index (χ1n) is 5.54. The third kappa shape index (κ3) is 4.45. The molecule has 5 nitrogen and oxygen atoms in total. The molecule has 1 aromatic carbocycles. The minimum Gasteiger partial charge on any atom is -0.480 e. The molecule has 0 fully saturated rings. The van der Waals surface area contributed by atoms with Gasteiger partial charge in [0.15, 0.2) is 6.10 Å². The summed E-state index contributed by atoms with van der Waals surface area (Å²) in [6.45, 7) is 0.595. The summed E-state index contributed by atoms with van der Waals surface area (Å²) in [5.74, 6) is -2.57. The van der Waals surface area contributed by atoms with Gasteiger partial charge >= 0.3 is 12.1 Å². The SMILES string of the molecule is CC(Oc1ccccc1C(F)(F)F)C(=O)NCC(=O)O. The molecule has 0 aliphatic rings. The highest BCUT2D eigenvalue weighted by molar-refractivity contribution is 5.84. The van der Waals surface area contributed by atoms with Crippen molar-refractivity contribution >= 4 is 11.9 Å². The van der Waals surface area contributed by atoms with Crippen molar-refractivity contribution in [3.8, 4) is 5.75 Å². The largest absolute Gasteiger partial charge is 0.480 e. The highest BCUT2D eigenvalue weighted by atomic mass is 19.4. The van der Waals surface area contributed by atoms with Gasteiger partial charge in [-0.05, 0) is 19.1 Å². The predicted octanol–water partition coefficient (Wildman–Crippen LogP) is 1.67. The summed E-state index contributed by atoms with van der Waals surface area (Å²) in [5, 5.41) is 10.4. The Bertz CT molecular complexity index is 502. The molecule has 0 saturated heterocycles. The number of carbonyl (C=O) groups is 2. The van der Waals surface area contributed by atoms with Gasteiger partial charge in [-0.25, -0.2) is 0 Å². The number of para-hydroxylation sites is 1. The fraction of sp³-hybridized carbons (Fsp3) is 0.333. The molecule has 8 heteroatoms. The van der Waals surface area contributed by atoms with E-state index in [4.69, 9.17) is 9.84 Å². The summed E-state index contributed by atoms with van der Waals surface area (Å²) in [4.78, 5) is 21.7. The summed E-state index contributed by atoms with van der Waals surface area (Å²) >= 11 is 0. The number of carboxylic acids is 1. The van der Waals surface area contributed by atoms with Gasteiger partial charge in [0.2, 0.25) is 0 Å². The number of halogens is 3. The predicted molar refractivity (Wildman–Crippen MR) is 62.2 cm³/mol. The molecular weight excluding hydrogens is 279 g/mol. The van der Waals surface area contributed by atoms with E-state index in [0.29, 0.717) is 0 Å². The van der Waals surface area contributed by atoms with Gasteiger partial charge in [-0.2, -0.15) is 13.2 Å². The summed E-state index contributed by atoms with van der Waals surface area (Å²) in [7, 11) is 0. The second kappa shape index (κ2) is 6.27. The molecule has 1 aromatic rings. The molecule has 0 bridgehead atoms. The fourth-order valence-electron chi connectivity index (χ4n) is 1.35. The van der Waals surface area contributed by atoms with Gasteiger partial charge in [0.05, 0.1) is 5.56 Å². The third-order valence-electron chi connectivity index (χ3n) is 2.28. The van der Waals surface area contributed by atoms with Crippen LogP contribution in [0.5, 0.6) is 5.75 Å². The number of benzene rings is 1. The summed E-state index contributed by atoms with van der Waals surface area (Å²) in [6, 6.07) is 4.46. The van der Waals surface area contributed by atoms with Gasteiger partial charge in [-0.15, -0.1) is 0 Å². The van der Waals surface area contributed by atoms with E-state index in [-0.39, 0.29) is 0 Å². The Hall–Kier alpha value is -2.25. The maximum absolute atomic E-state index is 12.7. The number of carbonyl (C=O) groups excluding carboxylic acids is 1. The average Bonchev–Trinajstić information content (AvgIpc) is 2.35.